The first kappa shape index (κ1) is 32.2. The minimum atomic E-state index is -1.20. The van der Waals surface area contributed by atoms with Crippen LogP contribution in [-0.2, 0) is 24.0 Å². The van der Waals surface area contributed by atoms with E-state index >= 15 is 0 Å². The average molecular weight is 588 g/mol. The first-order chi connectivity index (χ1) is 19.8. The van der Waals surface area contributed by atoms with Gasteiger partial charge in [-0.05, 0) is 101 Å². The molecule has 42 heavy (non-hydrogen) atoms. The van der Waals surface area contributed by atoms with E-state index in [0.29, 0.717) is 37.0 Å². The standard InChI is InChI=1S/C32H49N3O7/c1-6-7-8-26(29(39)40)34-28(38)19(2)33-27(37)18-42-35-22-11-14-30(4)21(17-22)9-10-23-24(30)12-15-31(5)25(23)13-16-32(31,41)20(3)36/h17,19,23-26,41H,6-16,18H2,1-5H3,(H,33,37)(H,34,38)(H,39,40)/b35-22+/t19-,23-,24+,25+,26-,30-,31-,32-/m0/s1. The topological polar surface area (TPSA) is 154 Å². The Hall–Kier alpha value is -2.75. The highest BCUT2D eigenvalue weighted by Gasteiger charge is 2.65. The molecule has 2 amide bonds. The monoisotopic (exact) mass is 587 g/mol. The van der Waals surface area contributed by atoms with Gasteiger partial charge in [0.05, 0.1) is 5.71 Å². The molecule has 10 nitrogen and oxygen atoms in total. The van der Waals surface area contributed by atoms with Crippen LogP contribution in [0.15, 0.2) is 16.8 Å². The molecule has 4 aliphatic carbocycles. The van der Waals surface area contributed by atoms with Crippen LogP contribution in [0.4, 0.5) is 0 Å². The quantitative estimate of drug-likeness (QED) is 0.267. The van der Waals surface area contributed by atoms with Crippen LogP contribution in [0.1, 0.15) is 105 Å². The maximum absolute atomic E-state index is 12.5. The highest BCUT2D eigenvalue weighted by molar-refractivity contribution is 5.96. The van der Waals surface area contributed by atoms with Crippen LogP contribution < -0.4 is 10.6 Å². The fraction of sp³-hybridized carbons (Fsp3) is 0.781. The molecule has 0 bridgehead atoms. The lowest BCUT2D eigenvalue weighted by molar-refractivity contribution is -0.159. The first-order valence-corrected chi connectivity index (χ1v) is 15.7. The van der Waals surface area contributed by atoms with Crippen molar-refractivity contribution < 1.29 is 34.2 Å². The largest absolute Gasteiger partial charge is 0.480 e. The second-order valence-corrected chi connectivity index (χ2v) is 13.6. The van der Waals surface area contributed by atoms with E-state index in [1.807, 2.05) is 6.92 Å². The number of hydrogen-bond donors (Lipinski definition) is 4. The molecule has 234 valence electrons. The number of carboxylic acid groups (broad SMARTS) is 1. The molecule has 0 unspecified atom stereocenters. The second-order valence-electron chi connectivity index (χ2n) is 13.6. The van der Waals surface area contributed by atoms with Crippen LogP contribution in [0.25, 0.3) is 0 Å². The molecule has 0 aliphatic heterocycles. The zero-order chi connectivity index (χ0) is 30.9. The molecule has 0 radical (unpaired) electrons. The lowest BCUT2D eigenvalue weighted by atomic mass is 9.46. The number of unbranched alkanes of at least 4 members (excludes halogenated alkanes) is 1. The SMILES string of the molecule is CCCC[C@H](NC(=O)[C@H](C)NC(=O)CO/N=C1/C=C2CC[C@H]3[C@@H](CC[C@@]4(C)[C@@H]3CC[C@]4(O)C(C)=O)[C@@]2(C)CC1)C(=O)O. The van der Waals surface area contributed by atoms with Crippen molar-refractivity contribution in [3.05, 3.63) is 11.6 Å². The summed E-state index contributed by atoms with van der Waals surface area (Å²) in [5.74, 6) is -0.895. The van der Waals surface area contributed by atoms with Gasteiger partial charge in [0, 0.05) is 5.41 Å². The Bertz CT molecular complexity index is 1150. The van der Waals surface area contributed by atoms with E-state index in [1.54, 1.807) is 6.92 Å². The Morgan fingerprint density at radius 3 is 2.45 bits per heavy atom. The maximum atomic E-state index is 12.5. The van der Waals surface area contributed by atoms with Gasteiger partial charge in [-0.2, -0.15) is 0 Å². The number of carboxylic acids is 1. The van der Waals surface area contributed by atoms with Crippen molar-refractivity contribution in [3.63, 3.8) is 0 Å². The van der Waals surface area contributed by atoms with Crippen molar-refractivity contribution in [1.29, 1.82) is 0 Å². The summed E-state index contributed by atoms with van der Waals surface area (Å²) in [5.41, 5.74) is 0.662. The first-order valence-electron chi connectivity index (χ1n) is 15.7. The number of fused-ring (bicyclic) bond motifs is 5. The summed E-state index contributed by atoms with van der Waals surface area (Å²) in [6.45, 7) is 9.14. The molecule has 4 aliphatic rings. The molecular formula is C32H49N3O7. The summed E-state index contributed by atoms with van der Waals surface area (Å²) in [6.07, 6.45) is 11.0. The Morgan fingerprint density at radius 1 is 1.07 bits per heavy atom. The number of nitrogens with zero attached hydrogens (tertiary/aromatic N) is 1. The number of Topliss-reactive ketones (excluding diaryl/α,β-unsaturated/α-hetero) is 1. The lowest BCUT2D eigenvalue weighted by Gasteiger charge is -2.59. The Morgan fingerprint density at radius 2 is 1.79 bits per heavy atom. The van der Waals surface area contributed by atoms with Crippen molar-refractivity contribution in [2.24, 2.45) is 33.7 Å². The molecule has 3 saturated carbocycles. The molecule has 0 spiro atoms. The van der Waals surface area contributed by atoms with E-state index in [1.165, 1.54) is 12.5 Å². The molecule has 4 rings (SSSR count). The normalized spacial score (nSPS) is 36.0. The number of amides is 2. The van der Waals surface area contributed by atoms with Crippen LogP contribution in [0.2, 0.25) is 0 Å². The zero-order valence-corrected chi connectivity index (χ0v) is 25.8. The van der Waals surface area contributed by atoms with Gasteiger partial charge in [-0.15, -0.1) is 0 Å². The van der Waals surface area contributed by atoms with E-state index in [9.17, 15) is 29.4 Å². The molecule has 0 saturated heterocycles. The summed E-state index contributed by atoms with van der Waals surface area (Å²) in [5, 5.41) is 29.9. The Balaban J connectivity index is 1.32. The van der Waals surface area contributed by atoms with Gasteiger partial charge in [0.25, 0.3) is 5.91 Å². The Kier molecular flexibility index (Phi) is 9.55. The van der Waals surface area contributed by atoms with Crippen molar-refractivity contribution >= 4 is 29.3 Å². The zero-order valence-electron chi connectivity index (χ0n) is 25.8. The van der Waals surface area contributed by atoms with Gasteiger partial charge in [0.2, 0.25) is 5.91 Å². The van der Waals surface area contributed by atoms with Crippen molar-refractivity contribution in [2.75, 3.05) is 6.61 Å². The number of aliphatic carboxylic acids is 1. The van der Waals surface area contributed by atoms with Crippen molar-refractivity contribution in [2.45, 2.75) is 123 Å². The van der Waals surface area contributed by atoms with Crippen molar-refractivity contribution in [3.8, 4) is 0 Å². The third kappa shape index (κ3) is 5.88. The van der Waals surface area contributed by atoms with Crippen LogP contribution in [0.3, 0.4) is 0 Å². The lowest BCUT2D eigenvalue weighted by Crippen LogP contribution is -2.57. The fourth-order valence-electron chi connectivity index (χ4n) is 8.72. The van der Waals surface area contributed by atoms with Gasteiger partial charge in [-0.3, -0.25) is 14.4 Å². The summed E-state index contributed by atoms with van der Waals surface area (Å²) >= 11 is 0. The van der Waals surface area contributed by atoms with Gasteiger partial charge in [-0.1, -0.05) is 44.3 Å². The molecule has 0 aromatic heterocycles. The third-order valence-electron chi connectivity index (χ3n) is 11.3. The highest BCUT2D eigenvalue weighted by Crippen LogP contribution is 2.67. The highest BCUT2D eigenvalue weighted by atomic mass is 16.6. The number of nitrogens with one attached hydrogen (secondary N) is 2. The Labute approximate surface area is 249 Å². The minimum Gasteiger partial charge on any atom is -0.480 e. The number of allylic oxidation sites excluding steroid dienone is 2. The number of carbonyl (C=O) groups excluding carboxylic acids is 3. The smallest absolute Gasteiger partial charge is 0.326 e. The number of oxime groups is 1. The van der Waals surface area contributed by atoms with E-state index in [4.69, 9.17) is 4.84 Å². The van der Waals surface area contributed by atoms with E-state index < -0.39 is 35.5 Å². The molecule has 8 atom stereocenters. The summed E-state index contributed by atoms with van der Waals surface area (Å²) < 4.78 is 0. The number of rotatable bonds is 11. The summed E-state index contributed by atoms with van der Waals surface area (Å²) in [7, 11) is 0. The molecule has 10 heteroatoms. The third-order valence-corrected chi connectivity index (χ3v) is 11.3. The molecule has 0 heterocycles. The van der Waals surface area contributed by atoms with Crippen LogP contribution in [0.5, 0.6) is 0 Å². The second kappa shape index (κ2) is 12.5. The summed E-state index contributed by atoms with van der Waals surface area (Å²) in [6, 6.07) is -1.90. The van der Waals surface area contributed by atoms with Gasteiger partial charge >= 0.3 is 5.97 Å². The molecule has 4 N–H and O–H groups in total. The van der Waals surface area contributed by atoms with Crippen LogP contribution in [-0.4, -0.2) is 63.8 Å². The van der Waals surface area contributed by atoms with Gasteiger partial charge in [0.1, 0.15) is 17.7 Å². The molecule has 0 aromatic carbocycles. The number of hydrogen-bond acceptors (Lipinski definition) is 7. The van der Waals surface area contributed by atoms with Crippen LogP contribution >= 0.6 is 0 Å². The number of aliphatic hydroxyl groups is 1. The molecular weight excluding hydrogens is 538 g/mol. The van der Waals surface area contributed by atoms with Gasteiger partial charge in [0.15, 0.2) is 12.4 Å². The predicted octanol–water partition coefficient (Wildman–Crippen LogP) is 3.91. The molecule has 3 fully saturated rings. The van der Waals surface area contributed by atoms with E-state index in [2.05, 4.69) is 35.7 Å². The predicted molar refractivity (Wildman–Crippen MR) is 157 cm³/mol. The van der Waals surface area contributed by atoms with E-state index in [-0.39, 0.29) is 23.2 Å². The minimum absolute atomic E-state index is 0.0469. The van der Waals surface area contributed by atoms with Gasteiger partial charge in [-0.25, -0.2) is 4.79 Å². The van der Waals surface area contributed by atoms with Crippen LogP contribution in [0, 0.1) is 28.6 Å². The average Bonchev–Trinajstić information content (AvgIpc) is 3.22. The van der Waals surface area contributed by atoms with E-state index in [0.717, 1.165) is 57.1 Å². The number of ketones is 1. The van der Waals surface area contributed by atoms with Crippen molar-refractivity contribution in [1.82, 2.24) is 10.6 Å². The maximum Gasteiger partial charge on any atom is 0.326 e. The van der Waals surface area contributed by atoms with Gasteiger partial charge < -0.3 is 25.7 Å². The summed E-state index contributed by atoms with van der Waals surface area (Å²) in [4.78, 5) is 54.0. The fourth-order valence-corrected chi connectivity index (χ4v) is 8.72. The molecule has 0 aromatic rings. The number of carbonyl (C=O) groups is 4.